The minimum Gasteiger partial charge on any atom is -0.422 e. The second kappa shape index (κ2) is 6.97. The van der Waals surface area contributed by atoms with E-state index in [1.807, 2.05) is 30.3 Å². The van der Waals surface area contributed by atoms with Gasteiger partial charge in [-0.3, -0.25) is 9.59 Å². The molecule has 1 saturated heterocycles. The molecule has 0 radical (unpaired) electrons. The summed E-state index contributed by atoms with van der Waals surface area (Å²) >= 11 is 3.30. The first-order valence-corrected chi connectivity index (χ1v) is 8.12. The Kier molecular flexibility index (Phi) is 5.25. The van der Waals surface area contributed by atoms with Gasteiger partial charge in [0.05, 0.1) is 5.92 Å². The number of ether oxygens (including phenoxy) is 2. The Labute approximate surface area is 138 Å². The van der Waals surface area contributed by atoms with E-state index in [0.717, 1.165) is 10.9 Å². The van der Waals surface area contributed by atoms with E-state index in [2.05, 4.69) is 27.8 Å². The van der Waals surface area contributed by atoms with Crippen LogP contribution in [0, 0.1) is 17.8 Å². The Bertz CT molecular complexity index is 593. The summed E-state index contributed by atoms with van der Waals surface area (Å²) in [5, 5.41) is 0.730. The minimum absolute atomic E-state index is 0.573. The Morgan fingerprint density at radius 3 is 2.32 bits per heavy atom. The molecule has 0 aliphatic carbocycles. The van der Waals surface area contributed by atoms with Gasteiger partial charge in [-0.2, -0.15) is 0 Å². The van der Waals surface area contributed by atoms with Gasteiger partial charge in [-0.25, -0.2) is 0 Å². The molecule has 0 unspecified atom stereocenters. The van der Waals surface area contributed by atoms with Gasteiger partial charge in [0.25, 0.3) is 5.79 Å². The predicted octanol–water partition coefficient (Wildman–Crippen LogP) is 3.01. The molecule has 1 aromatic carbocycles. The standard InChI is InChI=1S/C17H17BrO4/c1-17(2)21-15(19)14(16(20)22-17)13(10-6-7-11-18)12-8-4-3-5-9-12/h3-5,8-9,13-14H,7,11H2,1-2H3/t13-/m1/s1. The summed E-state index contributed by atoms with van der Waals surface area (Å²) in [6, 6.07) is 9.24. The van der Waals surface area contributed by atoms with Crippen LogP contribution in [0.15, 0.2) is 30.3 Å². The molecule has 1 aliphatic rings. The summed E-state index contributed by atoms with van der Waals surface area (Å²) in [4.78, 5) is 24.5. The minimum atomic E-state index is -1.23. The molecule has 4 nitrogen and oxygen atoms in total. The largest absolute Gasteiger partial charge is 0.422 e. The van der Waals surface area contributed by atoms with Crippen molar-refractivity contribution in [3.05, 3.63) is 35.9 Å². The zero-order chi connectivity index (χ0) is 16.2. The summed E-state index contributed by atoms with van der Waals surface area (Å²) in [5.74, 6) is 1.95. The van der Waals surface area contributed by atoms with Crippen molar-refractivity contribution in [1.82, 2.24) is 0 Å². The van der Waals surface area contributed by atoms with Gasteiger partial charge in [0.15, 0.2) is 5.92 Å². The molecule has 0 N–H and O–H groups in total. The number of carbonyl (C=O) groups excluding carboxylic acids is 2. The molecule has 0 aromatic heterocycles. The highest BCUT2D eigenvalue weighted by atomic mass is 79.9. The summed E-state index contributed by atoms with van der Waals surface area (Å²) in [5.41, 5.74) is 0.795. The number of halogens is 1. The quantitative estimate of drug-likeness (QED) is 0.358. The molecule has 1 aromatic rings. The Hall–Kier alpha value is -1.80. The fraction of sp³-hybridized carbons (Fsp3) is 0.412. The van der Waals surface area contributed by atoms with Crippen LogP contribution in [0.1, 0.15) is 31.7 Å². The number of benzene rings is 1. The van der Waals surface area contributed by atoms with Crippen molar-refractivity contribution in [3.63, 3.8) is 0 Å². The van der Waals surface area contributed by atoms with Crippen LogP contribution in [-0.2, 0) is 19.1 Å². The smallest absolute Gasteiger partial charge is 0.325 e. The summed E-state index contributed by atoms with van der Waals surface area (Å²) in [6.07, 6.45) is 0.631. The van der Waals surface area contributed by atoms with Gasteiger partial charge in [0.1, 0.15) is 0 Å². The lowest BCUT2D eigenvalue weighted by molar-refractivity contribution is -0.240. The number of rotatable bonds is 3. The first-order valence-electron chi connectivity index (χ1n) is 6.99. The van der Waals surface area contributed by atoms with E-state index in [1.165, 1.54) is 13.8 Å². The van der Waals surface area contributed by atoms with Crippen molar-refractivity contribution in [2.45, 2.75) is 32.0 Å². The number of esters is 2. The van der Waals surface area contributed by atoms with Crippen LogP contribution in [0.3, 0.4) is 0 Å². The van der Waals surface area contributed by atoms with Gasteiger partial charge in [-0.15, -0.1) is 5.92 Å². The molecule has 22 heavy (non-hydrogen) atoms. The zero-order valence-corrected chi connectivity index (χ0v) is 14.1. The first kappa shape index (κ1) is 16.6. The van der Waals surface area contributed by atoms with Gasteiger partial charge >= 0.3 is 11.9 Å². The SMILES string of the molecule is CC1(C)OC(=O)C([C@H](C#CCCBr)c2ccccc2)C(=O)O1. The zero-order valence-electron chi connectivity index (χ0n) is 12.5. The highest BCUT2D eigenvalue weighted by Crippen LogP contribution is 2.33. The number of hydrogen-bond acceptors (Lipinski definition) is 4. The van der Waals surface area contributed by atoms with Crippen LogP contribution in [0.4, 0.5) is 0 Å². The molecule has 116 valence electrons. The van der Waals surface area contributed by atoms with Crippen LogP contribution >= 0.6 is 15.9 Å². The van der Waals surface area contributed by atoms with Crippen molar-refractivity contribution >= 4 is 27.9 Å². The molecular formula is C17H17BrO4. The van der Waals surface area contributed by atoms with Crippen LogP contribution in [-0.4, -0.2) is 23.1 Å². The van der Waals surface area contributed by atoms with E-state index in [9.17, 15) is 9.59 Å². The van der Waals surface area contributed by atoms with E-state index >= 15 is 0 Å². The highest BCUT2D eigenvalue weighted by molar-refractivity contribution is 9.09. The van der Waals surface area contributed by atoms with Gasteiger partial charge < -0.3 is 9.47 Å². The average Bonchev–Trinajstić information content (AvgIpc) is 2.45. The van der Waals surface area contributed by atoms with Crippen LogP contribution < -0.4 is 0 Å². The van der Waals surface area contributed by atoms with Crippen LogP contribution in [0.25, 0.3) is 0 Å². The van der Waals surface area contributed by atoms with Crippen molar-refractivity contribution in [3.8, 4) is 11.8 Å². The van der Waals surface area contributed by atoms with Crippen LogP contribution in [0.5, 0.6) is 0 Å². The van der Waals surface area contributed by atoms with E-state index < -0.39 is 29.6 Å². The number of hydrogen-bond donors (Lipinski definition) is 0. The van der Waals surface area contributed by atoms with Crippen molar-refractivity contribution in [2.24, 2.45) is 5.92 Å². The van der Waals surface area contributed by atoms with E-state index in [1.54, 1.807) is 0 Å². The first-order chi connectivity index (χ1) is 10.4. The monoisotopic (exact) mass is 364 g/mol. The lowest BCUT2D eigenvalue weighted by Gasteiger charge is -2.34. The normalized spacial score (nSPS) is 18.7. The van der Waals surface area contributed by atoms with Crippen molar-refractivity contribution in [1.29, 1.82) is 0 Å². The molecular weight excluding hydrogens is 348 g/mol. The molecule has 5 heteroatoms. The Morgan fingerprint density at radius 1 is 1.18 bits per heavy atom. The van der Waals surface area contributed by atoms with Crippen LogP contribution in [0.2, 0.25) is 0 Å². The summed E-state index contributed by atoms with van der Waals surface area (Å²) < 4.78 is 10.4. The fourth-order valence-corrected chi connectivity index (χ4v) is 2.45. The van der Waals surface area contributed by atoms with E-state index in [4.69, 9.17) is 9.47 Å². The maximum Gasteiger partial charge on any atom is 0.325 e. The average molecular weight is 365 g/mol. The Balaban J connectivity index is 2.35. The van der Waals surface area contributed by atoms with Gasteiger partial charge in [-0.1, -0.05) is 52.2 Å². The van der Waals surface area contributed by atoms with Gasteiger partial charge in [0, 0.05) is 25.6 Å². The Morgan fingerprint density at radius 2 is 1.77 bits per heavy atom. The third-order valence-electron chi connectivity index (χ3n) is 3.17. The van der Waals surface area contributed by atoms with Gasteiger partial charge in [0.2, 0.25) is 0 Å². The van der Waals surface area contributed by atoms with Gasteiger partial charge in [-0.05, 0) is 5.56 Å². The molecule has 2 rings (SSSR count). The fourth-order valence-electron chi connectivity index (χ4n) is 2.25. The molecule has 1 heterocycles. The molecule has 0 amide bonds. The third-order valence-corrected chi connectivity index (χ3v) is 3.57. The highest BCUT2D eigenvalue weighted by Gasteiger charge is 2.47. The van der Waals surface area contributed by atoms with Crippen molar-refractivity contribution in [2.75, 3.05) is 5.33 Å². The van der Waals surface area contributed by atoms with E-state index in [-0.39, 0.29) is 0 Å². The van der Waals surface area contributed by atoms with Crippen molar-refractivity contribution < 1.29 is 19.1 Å². The lowest BCUT2D eigenvalue weighted by Crippen LogP contribution is -2.48. The second-order valence-corrected chi connectivity index (χ2v) is 6.16. The molecule has 1 atom stereocenters. The predicted molar refractivity (Wildman–Crippen MR) is 85.1 cm³/mol. The number of alkyl halides is 1. The maximum atomic E-state index is 12.3. The lowest BCUT2D eigenvalue weighted by atomic mass is 9.85. The maximum absolute atomic E-state index is 12.3. The molecule has 0 bridgehead atoms. The molecule has 1 fully saturated rings. The molecule has 0 saturated carbocycles. The second-order valence-electron chi connectivity index (χ2n) is 5.37. The van der Waals surface area contributed by atoms with E-state index in [0.29, 0.717) is 6.42 Å². The molecule has 0 spiro atoms. The molecule has 1 aliphatic heterocycles. The third kappa shape index (κ3) is 3.89. The summed E-state index contributed by atoms with van der Waals surface area (Å²) in [7, 11) is 0. The topological polar surface area (TPSA) is 52.6 Å². The summed E-state index contributed by atoms with van der Waals surface area (Å²) in [6.45, 7) is 3.07. The number of carbonyl (C=O) groups is 2. The number of cyclic esters (lactones) is 2.